The van der Waals surface area contributed by atoms with Crippen LogP contribution >= 0.6 is 0 Å². The first-order chi connectivity index (χ1) is 11.8. The molecule has 3 heterocycles. The van der Waals surface area contributed by atoms with E-state index in [1.165, 1.54) is 0 Å². The minimum absolute atomic E-state index is 0.124. The number of hydrogen-bond donors (Lipinski definition) is 1. The highest BCUT2D eigenvalue weighted by Gasteiger charge is 2.49. The van der Waals surface area contributed by atoms with Gasteiger partial charge in [-0.15, -0.1) is 0 Å². The third-order valence-electron chi connectivity index (χ3n) is 5.15. The summed E-state index contributed by atoms with van der Waals surface area (Å²) in [5.41, 5.74) is 0.786. The largest absolute Gasteiger partial charge is 0.460 e. The number of ether oxygens (including phenoxy) is 1. The molecule has 2 aliphatic heterocycles. The molecule has 0 radical (unpaired) electrons. The molecule has 0 spiro atoms. The summed E-state index contributed by atoms with van der Waals surface area (Å²) in [5, 5.41) is 11.0. The van der Waals surface area contributed by atoms with E-state index in [0.717, 1.165) is 24.2 Å². The molecule has 1 N–H and O–H groups in total. The van der Waals surface area contributed by atoms with Crippen LogP contribution in [0.25, 0.3) is 0 Å². The molecule has 2 unspecified atom stereocenters. The van der Waals surface area contributed by atoms with Crippen molar-refractivity contribution >= 4 is 5.91 Å². The highest BCUT2D eigenvalue weighted by Crippen LogP contribution is 2.41. The zero-order valence-corrected chi connectivity index (χ0v) is 15.7. The molecule has 2 bridgehead atoms. The zero-order chi connectivity index (χ0) is 18.2. The molecular weight excluding hydrogens is 318 g/mol. The zero-order valence-electron chi connectivity index (χ0n) is 15.7. The average Bonchev–Trinajstić information content (AvgIpc) is 2.77. The van der Waals surface area contributed by atoms with Crippen LogP contribution in [0, 0.1) is 19.8 Å². The van der Waals surface area contributed by atoms with Crippen LogP contribution in [0.2, 0.25) is 0 Å². The fraction of sp³-hybridized carbons (Fsp3) is 0.737. The third kappa shape index (κ3) is 4.11. The highest BCUT2D eigenvalue weighted by atomic mass is 16.5. The number of aryl methyl sites for hydroxylation is 2. The molecule has 0 saturated carbocycles. The second kappa shape index (κ2) is 6.90. The highest BCUT2D eigenvalue weighted by molar-refractivity contribution is 5.77. The molecule has 6 heteroatoms. The van der Waals surface area contributed by atoms with E-state index in [1.807, 2.05) is 24.8 Å². The number of amides is 1. The van der Waals surface area contributed by atoms with Gasteiger partial charge >= 0.3 is 6.01 Å². The number of piperidine rings is 1. The number of carbonyl (C=O) groups is 1. The van der Waals surface area contributed by atoms with Gasteiger partial charge in [0, 0.05) is 29.9 Å². The summed E-state index contributed by atoms with van der Waals surface area (Å²) < 4.78 is 5.72. The van der Waals surface area contributed by atoms with Crippen LogP contribution in [0.5, 0.6) is 6.01 Å². The molecule has 0 aliphatic carbocycles. The second-order valence-corrected chi connectivity index (χ2v) is 8.14. The number of carbonyl (C=O) groups excluding carboxylic acids is 1. The number of fused-ring (bicyclic) bond motifs is 2. The van der Waals surface area contributed by atoms with Gasteiger partial charge in [-0.2, -0.15) is 0 Å². The first-order valence-electron chi connectivity index (χ1n) is 9.24. The summed E-state index contributed by atoms with van der Waals surface area (Å²) in [6.45, 7) is 8.11. The van der Waals surface area contributed by atoms with E-state index in [0.29, 0.717) is 31.2 Å². The third-order valence-corrected chi connectivity index (χ3v) is 5.15. The van der Waals surface area contributed by atoms with E-state index in [1.54, 1.807) is 0 Å². The lowest BCUT2D eigenvalue weighted by Crippen LogP contribution is -2.55. The predicted molar refractivity (Wildman–Crippen MR) is 94.3 cm³/mol. The van der Waals surface area contributed by atoms with Crippen LogP contribution in [0.4, 0.5) is 0 Å². The van der Waals surface area contributed by atoms with Crippen LogP contribution in [-0.2, 0) is 4.79 Å². The molecule has 6 nitrogen and oxygen atoms in total. The molecule has 2 saturated heterocycles. The van der Waals surface area contributed by atoms with Crippen molar-refractivity contribution in [1.29, 1.82) is 0 Å². The molecular formula is C19H29N3O3. The molecule has 3 rings (SSSR count). The Balaban J connectivity index is 1.64. The van der Waals surface area contributed by atoms with E-state index < -0.39 is 5.60 Å². The fourth-order valence-corrected chi connectivity index (χ4v) is 4.26. The Bertz CT molecular complexity index is 613. The number of hydrogen-bond acceptors (Lipinski definition) is 5. The Morgan fingerprint density at radius 1 is 1.28 bits per heavy atom. The van der Waals surface area contributed by atoms with Crippen molar-refractivity contribution in [3.05, 3.63) is 17.5 Å². The van der Waals surface area contributed by atoms with Crippen LogP contribution in [-0.4, -0.2) is 50.2 Å². The Hall–Kier alpha value is -1.69. The van der Waals surface area contributed by atoms with Crippen LogP contribution in [0.15, 0.2) is 6.07 Å². The van der Waals surface area contributed by atoms with Gasteiger partial charge in [0.15, 0.2) is 0 Å². The minimum atomic E-state index is -0.915. The summed E-state index contributed by atoms with van der Waals surface area (Å²) in [6, 6.07) is 2.45. The summed E-state index contributed by atoms with van der Waals surface area (Å²) in [6.07, 6.45) is 3.66. The quantitative estimate of drug-likeness (QED) is 0.885. The van der Waals surface area contributed by atoms with Gasteiger partial charge in [-0.25, -0.2) is 9.97 Å². The van der Waals surface area contributed by atoms with E-state index in [2.05, 4.69) is 23.8 Å². The lowest BCUT2D eigenvalue weighted by Gasteiger charge is -2.43. The molecule has 1 aromatic rings. The average molecular weight is 347 g/mol. The van der Waals surface area contributed by atoms with Gasteiger partial charge < -0.3 is 14.7 Å². The number of aromatic nitrogens is 2. The van der Waals surface area contributed by atoms with E-state index in [9.17, 15) is 9.90 Å². The van der Waals surface area contributed by atoms with E-state index in [-0.39, 0.29) is 24.6 Å². The normalized spacial score (nSPS) is 28.5. The Kier molecular flexibility index (Phi) is 5.00. The van der Waals surface area contributed by atoms with Crippen molar-refractivity contribution in [2.24, 2.45) is 5.92 Å². The lowest BCUT2D eigenvalue weighted by atomic mass is 9.86. The summed E-state index contributed by atoms with van der Waals surface area (Å²) in [5.74, 6) is 0.584. The monoisotopic (exact) mass is 347 g/mol. The van der Waals surface area contributed by atoms with E-state index >= 15 is 0 Å². The van der Waals surface area contributed by atoms with Gasteiger partial charge in [-0.3, -0.25) is 4.79 Å². The molecule has 2 atom stereocenters. The number of rotatable bonds is 5. The second-order valence-electron chi connectivity index (χ2n) is 8.14. The number of nitrogens with zero attached hydrogens (tertiary/aromatic N) is 3. The van der Waals surface area contributed by atoms with Gasteiger partial charge in [0.05, 0.1) is 0 Å². The minimum Gasteiger partial charge on any atom is -0.460 e. The predicted octanol–water partition coefficient (Wildman–Crippen LogP) is 2.40. The number of aliphatic hydroxyl groups is 1. The van der Waals surface area contributed by atoms with Gasteiger partial charge in [-0.1, -0.05) is 13.8 Å². The Morgan fingerprint density at radius 3 is 2.36 bits per heavy atom. The first-order valence-corrected chi connectivity index (χ1v) is 9.24. The van der Waals surface area contributed by atoms with Gasteiger partial charge in [0.2, 0.25) is 5.91 Å². The van der Waals surface area contributed by atoms with Crippen molar-refractivity contribution < 1.29 is 14.6 Å². The molecule has 1 aromatic heterocycles. The van der Waals surface area contributed by atoms with Crippen molar-refractivity contribution in [3.63, 3.8) is 0 Å². The van der Waals surface area contributed by atoms with Gasteiger partial charge in [0.25, 0.3) is 0 Å². The smallest absolute Gasteiger partial charge is 0.316 e. The van der Waals surface area contributed by atoms with Crippen LogP contribution in [0.3, 0.4) is 0 Å². The van der Waals surface area contributed by atoms with Crippen molar-refractivity contribution in [2.75, 3.05) is 6.61 Å². The molecule has 2 aliphatic rings. The van der Waals surface area contributed by atoms with Gasteiger partial charge in [0.1, 0.15) is 12.2 Å². The Morgan fingerprint density at radius 2 is 1.84 bits per heavy atom. The molecule has 2 fully saturated rings. The topological polar surface area (TPSA) is 75.6 Å². The fourth-order valence-electron chi connectivity index (χ4n) is 4.26. The Labute approximate surface area is 149 Å². The maximum atomic E-state index is 12.5. The van der Waals surface area contributed by atoms with Gasteiger partial charge in [-0.05, 0) is 51.5 Å². The molecule has 25 heavy (non-hydrogen) atoms. The summed E-state index contributed by atoms with van der Waals surface area (Å²) in [7, 11) is 0. The first kappa shape index (κ1) is 18.1. The van der Waals surface area contributed by atoms with Crippen LogP contribution < -0.4 is 4.74 Å². The molecule has 138 valence electrons. The SMILES string of the molecule is Cc1cc(C)nc(OCC2(O)CC3CCC(C2)N3C(=O)CC(C)C)n1. The molecule has 1 amide bonds. The summed E-state index contributed by atoms with van der Waals surface area (Å²) >= 11 is 0. The lowest BCUT2D eigenvalue weighted by molar-refractivity contribution is -0.144. The molecule has 0 aromatic carbocycles. The van der Waals surface area contributed by atoms with Crippen molar-refractivity contribution in [2.45, 2.75) is 77.5 Å². The van der Waals surface area contributed by atoms with Crippen molar-refractivity contribution in [3.8, 4) is 6.01 Å². The van der Waals surface area contributed by atoms with Crippen LogP contribution in [0.1, 0.15) is 57.3 Å². The summed E-state index contributed by atoms with van der Waals surface area (Å²) in [4.78, 5) is 23.1. The maximum absolute atomic E-state index is 12.5. The van der Waals surface area contributed by atoms with E-state index in [4.69, 9.17) is 4.74 Å². The maximum Gasteiger partial charge on any atom is 0.316 e. The van der Waals surface area contributed by atoms with Crippen molar-refractivity contribution in [1.82, 2.24) is 14.9 Å². The standard InChI is InChI=1S/C19H29N3O3/c1-12(2)7-17(23)22-15-5-6-16(22)10-19(24,9-15)11-25-18-20-13(3)8-14(4)21-18/h8,12,15-16,24H,5-7,9-11H2,1-4H3.